The molecule has 8 heteroatoms. The van der Waals surface area contributed by atoms with Crippen LogP contribution in [0, 0.1) is 0 Å². The number of pyridine rings is 3. The quantitative estimate of drug-likeness (QED) is 0.535. The average molecular weight is 400 g/mol. The van der Waals surface area contributed by atoms with E-state index < -0.39 is 0 Å². The van der Waals surface area contributed by atoms with Gasteiger partial charge in [0.1, 0.15) is 5.52 Å². The molecule has 0 unspecified atom stereocenters. The Balaban J connectivity index is 1.51. The number of fused-ring (bicyclic) bond motifs is 4. The van der Waals surface area contributed by atoms with Gasteiger partial charge in [-0.1, -0.05) is 0 Å². The fourth-order valence-corrected chi connectivity index (χ4v) is 4.75. The molecule has 0 saturated carbocycles. The molecule has 0 bridgehead atoms. The van der Waals surface area contributed by atoms with Crippen LogP contribution in [0.15, 0.2) is 36.8 Å². The van der Waals surface area contributed by atoms with Crippen LogP contribution in [0.5, 0.6) is 0 Å². The van der Waals surface area contributed by atoms with Gasteiger partial charge in [0.25, 0.3) is 0 Å². The Morgan fingerprint density at radius 3 is 2.87 bits per heavy atom. The van der Waals surface area contributed by atoms with E-state index in [0.29, 0.717) is 6.04 Å². The van der Waals surface area contributed by atoms with Crippen LogP contribution in [0.4, 0.5) is 5.69 Å². The van der Waals surface area contributed by atoms with E-state index in [2.05, 4.69) is 49.5 Å². The summed E-state index contributed by atoms with van der Waals surface area (Å²) in [6.45, 7) is 3.95. The minimum atomic E-state index is 0.521. The van der Waals surface area contributed by atoms with Gasteiger partial charge in [-0.3, -0.25) is 15.0 Å². The van der Waals surface area contributed by atoms with Crippen molar-refractivity contribution in [2.45, 2.75) is 25.4 Å². The van der Waals surface area contributed by atoms with Crippen LogP contribution in [-0.2, 0) is 6.54 Å². The van der Waals surface area contributed by atoms with Crippen LogP contribution >= 0.6 is 0 Å². The number of hydrogen-bond donors (Lipinski definition) is 2. The standard InChI is InChI=1S/C22H24N8/c1-29-12-16-10-24-19-3-2-18(14-8-15-11-26-28-22(15)25-9-14)27-20(19)21(16)30(13-29)17-4-6-23-7-5-17/h2-3,8-11,17,23H,4-7,12-13H2,1H3,(H,25,26,28). The molecule has 2 aliphatic rings. The first kappa shape index (κ1) is 17.7. The summed E-state index contributed by atoms with van der Waals surface area (Å²) in [5.41, 5.74) is 7.13. The van der Waals surface area contributed by atoms with Crippen LogP contribution in [0.1, 0.15) is 18.4 Å². The number of aromatic nitrogens is 5. The molecule has 0 spiro atoms. The van der Waals surface area contributed by atoms with Gasteiger partial charge in [-0.25, -0.2) is 9.97 Å². The molecule has 2 aliphatic heterocycles. The maximum atomic E-state index is 5.11. The molecule has 4 aromatic rings. The maximum absolute atomic E-state index is 5.11. The molecule has 0 radical (unpaired) electrons. The highest BCUT2D eigenvalue weighted by Crippen LogP contribution is 2.36. The number of hydrogen-bond acceptors (Lipinski definition) is 7. The van der Waals surface area contributed by atoms with Crippen molar-refractivity contribution in [2.24, 2.45) is 0 Å². The molecule has 4 aromatic heterocycles. The minimum Gasteiger partial charge on any atom is -0.353 e. The topological polar surface area (TPSA) is 85.9 Å². The Morgan fingerprint density at radius 2 is 1.97 bits per heavy atom. The van der Waals surface area contributed by atoms with Gasteiger partial charge in [-0.15, -0.1) is 0 Å². The van der Waals surface area contributed by atoms with Gasteiger partial charge in [0.15, 0.2) is 5.65 Å². The summed E-state index contributed by atoms with van der Waals surface area (Å²) in [5.74, 6) is 0. The van der Waals surface area contributed by atoms with Gasteiger partial charge < -0.3 is 10.2 Å². The van der Waals surface area contributed by atoms with Crippen molar-refractivity contribution in [2.75, 3.05) is 31.7 Å². The molecule has 6 heterocycles. The zero-order chi connectivity index (χ0) is 20.1. The van der Waals surface area contributed by atoms with E-state index in [9.17, 15) is 0 Å². The van der Waals surface area contributed by atoms with Gasteiger partial charge in [-0.2, -0.15) is 5.10 Å². The number of anilines is 1. The molecule has 0 atom stereocenters. The molecule has 6 rings (SSSR count). The summed E-state index contributed by atoms with van der Waals surface area (Å²) >= 11 is 0. The number of nitrogens with zero attached hydrogens (tertiary/aromatic N) is 6. The highest BCUT2D eigenvalue weighted by molar-refractivity contribution is 5.92. The molecule has 30 heavy (non-hydrogen) atoms. The molecular weight excluding hydrogens is 376 g/mol. The molecule has 2 N–H and O–H groups in total. The first-order valence-electron chi connectivity index (χ1n) is 10.5. The summed E-state index contributed by atoms with van der Waals surface area (Å²) < 4.78 is 0. The van der Waals surface area contributed by atoms with Crippen molar-refractivity contribution in [1.29, 1.82) is 0 Å². The zero-order valence-corrected chi connectivity index (χ0v) is 17.0. The van der Waals surface area contributed by atoms with E-state index in [1.54, 1.807) is 6.20 Å². The predicted molar refractivity (Wildman–Crippen MR) is 117 cm³/mol. The minimum absolute atomic E-state index is 0.521. The molecule has 0 aliphatic carbocycles. The normalized spacial score (nSPS) is 18.2. The van der Waals surface area contributed by atoms with Gasteiger partial charge in [0.05, 0.1) is 29.8 Å². The fourth-order valence-electron chi connectivity index (χ4n) is 4.75. The molecule has 152 valence electrons. The Morgan fingerprint density at radius 1 is 1.07 bits per heavy atom. The van der Waals surface area contributed by atoms with Crippen molar-refractivity contribution >= 4 is 27.8 Å². The van der Waals surface area contributed by atoms with Gasteiger partial charge >= 0.3 is 0 Å². The van der Waals surface area contributed by atoms with E-state index in [1.807, 2.05) is 18.5 Å². The lowest BCUT2D eigenvalue weighted by Gasteiger charge is -2.43. The Bertz CT molecular complexity index is 1230. The monoisotopic (exact) mass is 400 g/mol. The van der Waals surface area contributed by atoms with Gasteiger partial charge in [0, 0.05) is 41.5 Å². The zero-order valence-electron chi connectivity index (χ0n) is 17.0. The largest absolute Gasteiger partial charge is 0.353 e. The third-order valence-electron chi connectivity index (χ3n) is 6.22. The second-order valence-electron chi connectivity index (χ2n) is 8.33. The maximum Gasteiger partial charge on any atom is 0.155 e. The summed E-state index contributed by atoms with van der Waals surface area (Å²) in [6.07, 6.45) is 7.98. The highest BCUT2D eigenvalue weighted by atomic mass is 15.3. The van der Waals surface area contributed by atoms with E-state index >= 15 is 0 Å². The van der Waals surface area contributed by atoms with Crippen molar-refractivity contribution in [3.05, 3.63) is 42.4 Å². The SMILES string of the molecule is CN1Cc2cnc3ccc(-c4cnc5[nH]ncc5c4)nc3c2N(C2CCNCC2)C1. The van der Waals surface area contributed by atoms with Crippen LogP contribution in [-0.4, -0.2) is 62.9 Å². The molecule has 0 aromatic carbocycles. The number of nitrogens with one attached hydrogen (secondary N) is 2. The van der Waals surface area contributed by atoms with Crippen LogP contribution in [0.25, 0.3) is 33.3 Å². The van der Waals surface area contributed by atoms with Gasteiger partial charge in [-0.05, 0) is 51.2 Å². The average Bonchev–Trinajstić information content (AvgIpc) is 3.26. The first-order valence-corrected chi connectivity index (χ1v) is 10.5. The number of aromatic amines is 1. The smallest absolute Gasteiger partial charge is 0.155 e. The Labute approximate surface area is 174 Å². The fraction of sp³-hybridized carbons (Fsp3) is 0.364. The first-order chi connectivity index (χ1) is 14.8. The summed E-state index contributed by atoms with van der Waals surface area (Å²) in [6, 6.07) is 6.72. The van der Waals surface area contributed by atoms with E-state index in [-0.39, 0.29) is 0 Å². The second kappa shape index (κ2) is 7.00. The second-order valence-corrected chi connectivity index (χ2v) is 8.33. The van der Waals surface area contributed by atoms with Crippen molar-refractivity contribution < 1.29 is 0 Å². The Hall–Kier alpha value is -3.10. The predicted octanol–water partition coefficient (Wildman–Crippen LogP) is 2.53. The van der Waals surface area contributed by atoms with Crippen molar-refractivity contribution in [1.82, 2.24) is 35.4 Å². The lowest BCUT2D eigenvalue weighted by atomic mass is 10.0. The van der Waals surface area contributed by atoms with E-state index in [1.165, 1.54) is 11.3 Å². The molecular formula is C22H24N8. The molecule has 0 amide bonds. The lowest BCUT2D eigenvalue weighted by Crippen LogP contribution is -2.50. The highest BCUT2D eigenvalue weighted by Gasteiger charge is 2.30. The third-order valence-corrected chi connectivity index (χ3v) is 6.22. The number of piperidine rings is 1. The van der Waals surface area contributed by atoms with Crippen LogP contribution < -0.4 is 10.2 Å². The van der Waals surface area contributed by atoms with E-state index in [4.69, 9.17) is 9.97 Å². The number of rotatable bonds is 2. The Kier molecular flexibility index (Phi) is 4.14. The van der Waals surface area contributed by atoms with E-state index in [0.717, 1.165) is 72.5 Å². The lowest BCUT2D eigenvalue weighted by molar-refractivity contribution is 0.280. The van der Waals surface area contributed by atoms with Crippen LogP contribution in [0.2, 0.25) is 0 Å². The summed E-state index contributed by atoms with van der Waals surface area (Å²) in [4.78, 5) is 19.2. The molecule has 1 fully saturated rings. The van der Waals surface area contributed by atoms with Gasteiger partial charge in [0.2, 0.25) is 0 Å². The summed E-state index contributed by atoms with van der Waals surface area (Å²) in [5, 5.41) is 11.5. The number of H-pyrrole nitrogens is 1. The van der Waals surface area contributed by atoms with Crippen molar-refractivity contribution in [3.8, 4) is 11.3 Å². The molecule has 8 nitrogen and oxygen atoms in total. The van der Waals surface area contributed by atoms with Crippen molar-refractivity contribution in [3.63, 3.8) is 0 Å². The molecule has 1 saturated heterocycles. The third kappa shape index (κ3) is 2.91. The summed E-state index contributed by atoms with van der Waals surface area (Å²) in [7, 11) is 2.18. The van der Waals surface area contributed by atoms with Crippen LogP contribution in [0.3, 0.4) is 0 Å².